The molecular formula is C17H15FN2. The Morgan fingerprint density at radius 1 is 1.05 bits per heavy atom. The van der Waals surface area contributed by atoms with E-state index in [0.29, 0.717) is 11.3 Å². The van der Waals surface area contributed by atoms with E-state index in [2.05, 4.69) is 11.4 Å². The number of benzene rings is 2. The Bertz CT molecular complexity index is 686. The summed E-state index contributed by atoms with van der Waals surface area (Å²) in [7, 11) is 0. The van der Waals surface area contributed by atoms with Crippen LogP contribution in [0.25, 0.3) is 0 Å². The lowest BCUT2D eigenvalue weighted by molar-refractivity contribution is 0.627. The first-order valence-electron chi connectivity index (χ1n) is 6.85. The van der Waals surface area contributed by atoms with Crippen molar-refractivity contribution in [2.24, 2.45) is 0 Å². The fraction of sp³-hybridized carbons (Fsp3) is 0.235. The van der Waals surface area contributed by atoms with Crippen molar-refractivity contribution in [1.29, 1.82) is 5.26 Å². The predicted molar refractivity (Wildman–Crippen MR) is 77.5 cm³/mol. The first-order chi connectivity index (χ1) is 9.78. The number of hydrogen-bond donors (Lipinski definition) is 1. The lowest BCUT2D eigenvalue weighted by atomic mass is 9.90. The molecule has 0 unspecified atom stereocenters. The molecule has 0 saturated carbocycles. The topological polar surface area (TPSA) is 35.8 Å². The van der Waals surface area contributed by atoms with E-state index in [1.165, 1.54) is 36.1 Å². The summed E-state index contributed by atoms with van der Waals surface area (Å²) >= 11 is 0. The van der Waals surface area contributed by atoms with Crippen molar-refractivity contribution in [2.75, 3.05) is 5.32 Å². The van der Waals surface area contributed by atoms with Gasteiger partial charge >= 0.3 is 0 Å². The number of nitrogens with zero attached hydrogens (tertiary/aromatic N) is 1. The van der Waals surface area contributed by atoms with Crippen molar-refractivity contribution < 1.29 is 4.39 Å². The fourth-order valence-electron chi connectivity index (χ4n) is 2.76. The molecular weight excluding hydrogens is 251 g/mol. The van der Waals surface area contributed by atoms with Crippen molar-refractivity contribution in [1.82, 2.24) is 0 Å². The summed E-state index contributed by atoms with van der Waals surface area (Å²) < 4.78 is 13.2. The number of fused-ring (bicyclic) bond motifs is 1. The van der Waals surface area contributed by atoms with Crippen molar-refractivity contribution in [3.63, 3.8) is 0 Å². The van der Waals surface area contributed by atoms with Crippen LogP contribution in [0, 0.1) is 17.1 Å². The molecule has 0 spiro atoms. The van der Waals surface area contributed by atoms with Crippen molar-refractivity contribution >= 4 is 11.4 Å². The van der Waals surface area contributed by atoms with Crippen LogP contribution in [0.4, 0.5) is 15.8 Å². The molecule has 3 heteroatoms. The molecule has 3 rings (SSSR count). The van der Waals surface area contributed by atoms with E-state index in [-0.39, 0.29) is 5.82 Å². The van der Waals surface area contributed by atoms with Gasteiger partial charge in [0.15, 0.2) is 0 Å². The number of halogens is 1. The molecule has 0 atom stereocenters. The van der Waals surface area contributed by atoms with E-state index in [9.17, 15) is 4.39 Å². The number of rotatable bonds is 2. The quantitative estimate of drug-likeness (QED) is 0.878. The predicted octanol–water partition coefficient (Wildman–Crippen LogP) is 4.32. The van der Waals surface area contributed by atoms with Crippen LogP contribution >= 0.6 is 0 Å². The van der Waals surface area contributed by atoms with Crippen LogP contribution in [0.5, 0.6) is 0 Å². The second-order valence-corrected chi connectivity index (χ2v) is 5.08. The zero-order valence-electron chi connectivity index (χ0n) is 11.1. The molecule has 0 saturated heterocycles. The van der Waals surface area contributed by atoms with Gasteiger partial charge in [-0.1, -0.05) is 12.1 Å². The Kier molecular flexibility index (Phi) is 3.39. The third-order valence-electron chi connectivity index (χ3n) is 3.77. The van der Waals surface area contributed by atoms with Gasteiger partial charge in [-0.3, -0.25) is 0 Å². The highest BCUT2D eigenvalue weighted by Gasteiger charge is 2.13. The van der Waals surface area contributed by atoms with Gasteiger partial charge in [-0.25, -0.2) is 4.39 Å². The molecule has 20 heavy (non-hydrogen) atoms. The Balaban J connectivity index is 1.98. The van der Waals surface area contributed by atoms with Crippen LogP contribution in [0.15, 0.2) is 36.4 Å². The minimum Gasteiger partial charge on any atom is -0.354 e. The highest BCUT2D eigenvalue weighted by Crippen LogP contribution is 2.31. The lowest BCUT2D eigenvalue weighted by Gasteiger charge is -2.20. The number of nitriles is 1. The maximum Gasteiger partial charge on any atom is 0.124 e. The highest BCUT2D eigenvalue weighted by molar-refractivity contribution is 5.69. The smallest absolute Gasteiger partial charge is 0.124 e. The van der Waals surface area contributed by atoms with Crippen molar-refractivity contribution in [3.8, 4) is 6.07 Å². The third kappa shape index (κ3) is 2.37. The second kappa shape index (κ2) is 5.34. The summed E-state index contributed by atoms with van der Waals surface area (Å²) in [5.74, 6) is -0.387. The van der Waals surface area contributed by atoms with Crippen LogP contribution < -0.4 is 5.32 Å². The largest absolute Gasteiger partial charge is 0.354 e. The van der Waals surface area contributed by atoms with Crippen LogP contribution in [-0.4, -0.2) is 0 Å². The molecule has 100 valence electrons. The average Bonchev–Trinajstić information content (AvgIpc) is 2.49. The Morgan fingerprint density at radius 2 is 1.90 bits per heavy atom. The van der Waals surface area contributed by atoms with Gasteiger partial charge in [0.1, 0.15) is 11.9 Å². The van der Waals surface area contributed by atoms with Crippen LogP contribution in [0.1, 0.15) is 29.5 Å². The van der Waals surface area contributed by atoms with E-state index in [1.54, 1.807) is 6.07 Å². The Labute approximate surface area is 117 Å². The maximum absolute atomic E-state index is 13.2. The average molecular weight is 266 g/mol. The van der Waals surface area contributed by atoms with E-state index in [0.717, 1.165) is 18.5 Å². The summed E-state index contributed by atoms with van der Waals surface area (Å²) in [6, 6.07) is 12.5. The fourth-order valence-corrected chi connectivity index (χ4v) is 2.76. The van der Waals surface area contributed by atoms with Crippen molar-refractivity contribution in [2.45, 2.75) is 25.7 Å². The summed E-state index contributed by atoms with van der Waals surface area (Å²) in [5, 5.41) is 12.4. The summed E-state index contributed by atoms with van der Waals surface area (Å²) in [4.78, 5) is 0. The van der Waals surface area contributed by atoms with Gasteiger partial charge in [0.2, 0.25) is 0 Å². The molecule has 2 aromatic carbocycles. The Hall–Kier alpha value is -2.34. The monoisotopic (exact) mass is 266 g/mol. The lowest BCUT2D eigenvalue weighted by Crippen LogP contribution is -2.06. The molecule has 0 bridgehead atoms. The molecule has 2 aromatic rings. The molecule has 0 radical (unpaired) electrons. The molecule has 0 heterocycles. The van der Waals surface area contributed by atoms with Gasteiger partial charge in [-0.15, -0.1) is 0 Å². The molecule has 1 aliphatic carbocycles. The highest BCUT2D eigenvalue weighted by atomic mass is 19.1. The van der Waals surface area contributed by atoms with Gasteiger partial charge in [0.05, 0.1) is 11.3 Å². The molecule has 0 aromatic heterocycles. The number of anilines is 2. The number of aryl methyl sites for hydroxylation is 1. The zero-order valence-corrected chi connectivity index (χ0v) is 11.1. The normalized spacial score (nSPS) is 13.4. The molecule has 1 N–H and O–H groups in total. The molecule has 1 aliphatic rings. The van der Waals surface area contributed by atoms with Gasteiger partial charge in [-0.2, -0.15) is 5.26 Å². The standard InChI is InChI=1S/C17H15FN2/c18-14-8-9-16(13(10-14)11-19)20-17-7-3-5-12-4-1-2-6-15(12)17/h3,5,7-10,20H,1-2,4,6H2. The number of hydrogen-bond acceptors (Lipinski definition) is 2. The minimum absolute atomic E-state index is 0.332. The van der Waals surface area contributed by atoms with Crippen molar-refractivity contribution in [3.05, 3.63) is 58.9 Å². The van der Waals surface area contributed by atoms with Gasteiger partial charge in [0, 0.05) is 5.69 Å². The molecule has 0 fully saturated rings. The summed E-state index contributed by atoms with van der Waals surface area (Å²) in [5.41, 5.74) is 4.73. The third-order valence-corrected chi connectivity index (χ3v) is 3.77. The van der Waals surface area contributed by atoms with E-state index >= 15 is 0 Å². The van der Waals surface area contributed by atoms with E-state index < -0.39 is 0 Å². The molecule has 0 aliphatic heterocycles. The maximum atomic E-state index is 13.2. The summed E-state index contributed by atoms with van der Waals surface area (Å²) in [6.07, 6.45) is 4.59. The van der Waals surface area contributed by atoms with Gasteiger partial charge in [-0.05, 0) is 61.1 Å². The molecule has 2 nitrogen and oxygen atoms in total. The SMILES string of the molecule is N#Cc1cc(F)ccc1Nc1cccc2c1CCCC2. The summed E-state index contributed by atoms with van der Waals surface area (Å²) in [6.45, 7) is 0. The van der Waals surface area contributed by atoms with Crippen LogP contribution in [0.3, 0.4) is 0 Å². The second-order valence-electron chi connectivity index (χ2n) is 5.08. The van der Waals surface area contributed by atoms with E-state index in [4.69, 9.17) is 5.26 Å². The van der Waals surface area contributed by atoms with E-state index in [1.807, 2.05) is 18.2 Å². The van der Waals surface area contributed by atoms with Crippen LogP contribution in [-0.2, 0) is 12.8 Å². The Morgan fingerprint density at radius 3 is 2.75 bits per heavy atom. The first-order valence-corrected chi connectivity index (χ1v) is 6.85. The number of nitrogens with one attached hydrogen (secondary N) is 1. The van der Waals surface area contributed by atoms with Crippen LogP contribution in [0.2, 0.25) is 0 Å². The first kappa shape index (κ1) is 12.7. The minimum atomic E-state index is -0.387. The zero-order chi connectivity index (χ0) is 13.9. The molecule has 0 amide bonds. The van der Waals surface area contributed by atoms with Gasteiger partial charge < -0.3 is 5.32 Å². The van der Waals surface area contributed by atoms with Gasteiger partial charge in [0.25, 0.3) is 0 Å².